The zero-order valence-corrected chi connectivity index (χ0v) is 12.6. The summed E-state index contributed by atoms with van der Waals surface area (Å²) in [5, 5.41) is 12.9. The smallest absolute Gasteiger partial charge is 0.407 e. The Morgan fingerprint density at radius 1 is 1.47 bits per heavy atom. The summed E-state index contributed by atoms with van der Waals surface area (Å²) in [6.45, 7) is 9.10. The predicted octanol–water partition coefficient (Wildman–Crippen LogP) is 1.46. The fraction of sp³-hybridized carbons (Fsp3) is 0.929. The van der Waals surface area contributed by atoms with E-state index in [1.807, 2.05) is 6.92 Å². The van der Waals surface area contributed by atoms with Crippen molar-refractivity contribution in [3.63, 3.8) is 0 Å². The fourth-order valence-electron chi connectivity index (χ4n) is 2.84. The van der Waals surface area contributed by atoms with Gasteiger partial charge in [0.1, 0.15) is 0 Å². The quantitative estimate of drug-likeness (QED) is 0.795. The molecule has 0 spiro atoms. The first kappa shape index (κ1) is 16.2. The molecule has 0 bridgehead atoms. The first-order valence-electron chi connectivity index (χ1n) is 7.21. The molecular formula is C14H28N2O3. The van der Waals surface area contributed by atoms with Gasteiger partial charge in [-0.2, -0.15) is 0 Å². The van der Waals surface area contributed by atoms with Crippen LogP contribution >= 0.6 is 0 Å². The summed E-state index contributed by atoms with van der Waals surface area (Å²) in [6, 6.07) is 0.0612. The molecule has 1 fully saturated rings. The molecule has 2 N–H and O–H groups in total. The minimum absolute atomic E-state index is 0.0612. The van der Waals surface area contributed by atoms with Crippen LogP contribution in [0.1, 0.15) is 33.6 Å². The number of alkyl carbamates (subject to hydrolysis) is 1. The molecular weight excluding hydrogens is 244 g/mol. The Morgan fingerprint density at radius 3 is 2.68 bits per heavy atom. The maximum Gasteiger partial charge on any atom is 0.407 e. The van der Waals surface area contributed by atoms with Gasteiger partial charge in [-0.25, -0.2) is 4.79 Å². The molecule has 5 heteroatoms. The van der Waals surface area contributed by atoms with Crippen molar-refractivity contribution in [1.29, 1.82) is 0 Å². The highest BCUT2D eigenvalue weighted by Gasteiger charge is 2.31. The lowest BCUT2D eigenvalue weighted by molar-refractivity contribution is 0.0314. The van der Waals surface area contributed by atoms with E-state index in [1.54, 1.807) is 0 Å². The predicted molar refractivity (Wildman–Crippen MR) is 75.0 cm³/mol. The molecule has 0 aromatic carbocycles. The van der Waals surface area contributed by atoms with Crippen molar-refractivity contribution in [2.24, 2.45) is 11.8 Å². The summed E-state index contributed by atoms with van der Waals surface area (Å²) in [6.07, 6.45) is 0.891. The molecule has 1 amide bonds. The molecule has 0 aliphatic carbocycles. The van der Waals surface area contributed by atoms with Crippen molar-refractivity contribution in [1.82, 2.24) is 10.2 Å². The van der Waals surface area contributed by atoms with Crippen molar-refractivity contribution in [3.05, 3.63) is 0 Å². The Morgan fingerprint density at radius 2 is 2.16 bits per heavy atom. The Hall–Kier alpha value is -0.810. The fourth-order valence-corrected chi connectivity index (χ4v) is 2.84. The van der Waals surface area contributed by atoms with Crippen molar-refractivity contribution >= 4 is 6.09 Å². The first-order valence-corrected chi connectivity index (χ1v) is 7.21. The van der Waals surface area contributed by atoms with Crippen molar-refractivity contribution < 1.29 is 14.6 Å². The summed E-state index contributed by atoms with van der Waals surface area (Å²) in [5.41, 5.74) is 0. The SMILES string of the molecule is CCC(O)C1CC(NC(=O)OC)CN(CC(C)C)C1. The van der Waals surface area contributed by atoms with Crippen LogP contribution in [-0.2, 0) is 4.74 Å². The molecule has 0 aromatic heterocycles. The average molecular weight is 272 g/mol. The van der Waals surface area contributed by atoms with Crippen LogP contribution in [0, 0.1) is 11.8 Å². The molecule has 5 nitrogen and oxygen atoms in total. The number of amides is 1. The standard InChI is InChI=1S/C14H28N2O3/c1-5-13(17)11-6-12(15-14(18)19-4)9-16(8-11)7-10(2)3/h10-13,17H,5-9H2,1-4H3,(H,15,18). The molecule has 1 aliphatic heterocycles. The number of aliphatic hydroxyl groups is 1. The molecule has 3 unspecified atom stereocenters. The number of aliphatic hydroxyl groups excluding tert-OH is 1. The van der Waals surface area contributed by atoms with Crippen molar-refractivity contribution in [3.8, 4) is 0 Å². The monoisotopic (exact) mass is 272 g/mol. The molecule has 3 atom stereocenters. The van der Waals surface area contributed by atoms with E-state index in [0.29, 0.717) is 5.92 Å². The third-order valence-corrected chi connectivity index (χ3v) is 3.65. The zero-order chi connectivity index (χ0) is 14.4. The van der Waals surface area contributed by atoms with E-state index >= 15 is 0 Å². The number of nitrogens with one attached hydrogen (secondary N) is 1. The van der Waals surface area contributed by atoms with Crippen LogP contribution in [0.3, 0.4) is 0 Å². The molecule has 1 aliphatic rings. The van der Waals surface area contributed by atoms with Crippen LogP contribution in [0.25, 0.3) is 0 Å². The lowest BCUT2D eigenvalue weighted by atomic mass is 9.88. The Bertz CT molecular complexity index is 284. The Kier molecular flexibility index (Phi) is 6.58. The largest absolute Gasteiger partial charge is 0.453 e. The van der Waals surface area contributed by atoms with E-state index in [2.05, 4.69) is 28.8 Å². The van der Waals surface area contributed by atoms with Gasteiger partial charge in [-0.05, 0) is 24.7 Å². The summed E-state index contributed by atoms with van der Waals surface area (Å²) in [5.74, 6) is 0.802. The normalized spacial score (nSPS) is 26.2. The van der Waals surface area contributed by atoms with Crippen LogP contribution in [0.15, 0.2) is 0 Å². The van der Waals surface area contributed by atoms with E-state index in [4.69, 9.17) is 0 Å². The third-order valence-electron chi connectivity index (χ3n) is 3.65. The van der Waals surface area contributed by atoms with E-state index in [1.165, 1.54) is 7.11 Å². The van der Waals surface area contributed by atoms with Crippen LogP contribution in [-0.4, -0.2) is 55.0 Å². The third kappa shape index (κ3) is 5.37. The topological polar surface area (TPSA) is 61.8 Å². The lowest BCUT2D eigenvalue weighted by Crippen LogP contribution is -2.53. The van der Waals surface area contributed by atoms with E-state index in [-0.39, 0.29) is 24.2 Å². The molecule has 1 heterocycles. The Labute approximate surface area is 116 Å². The highest BCUT2D eigenvalue weighted by Crippen LogP contribution is 2.22. The number of carbonyl (C=O) groups is 1. The molecule has 1 rings (SSSR count). The molecule has 112 valence electrons. The van der Waals surface area contributed by atoms with Gasteiger partial charge in [0.05, 0.1) is 13.2 Å². The number of rotatable bonds is 5. The maximum atomic E-state index is 11.3. The molecule has 0 radical (unpaired) electrons. The van der Waals surface area contributed by atoms with Crippen molar-refractivity contribution in [2.75, 3.05) is 26.7 Å². The van der Waals surface area contributed by atoms with Crippen LogP contribution in [0.2, 0.25) is 0 Å². The summed E-state index contributed by atoms with van der Waals surface area (Å²) in [4.78, 5) is 13.7. The van der Waals surface area contributed by atoms with Gasteiger partial charge < -0.3 is 20.1 Å². The maximum absolute atomic E-state index is 11.3. The minimum Gasteiger partial charge on any atom is -0.453 e. The van der Waals surface area contributed by atoms with Gasteiger partial charge in [-0.1, -0.05) is 20.8 Å². The Balaban J connectivity index is 2.63. The lowest BCUT2D eigenvalue weighted by Gasteiger charge is -2.40. The highest BCUT2D eigenvalue weighted by molar-refractivity contribution is 5.67. The number of hydrogen-bond acceptors (Lipinski definition) is 4. The molecule has 0 saturated carbocycles. The van der Waals surface area contributed by atoms with Gasteiger partial charge in [-0.15, -0.1) is 0 Å². The second-order valence-electron chi connectivity index (χ2n) is 5.92. The van der Waals surface area contributed by atoms with Crippen LogP contribution in [0.4, 0.5) is 4.79 Å². The van der Waals surface area contributed by atoms with Gasteiger partial charge >= 0.3 is 6.09 Å². The summed E-state index contributed by atoms with van der Waals surface area (Å²) >= 11 is 0. The van der Waals surface area contributed by atoms with Gasteiger partial charge in [-0.3, -0.25) is 0 Å². The van der Waals surface area contributed by atoms with E-state index in [0.717, 1.165) is 32.5 Å². The number of nitrogens with zero attached hydrogens (tertiary/aromatic N) is 1. The van der Waals surface area contributed by atoms with Gasteiger partial charge in [0.25, 0.3) is 0 Å². The number of likely N-dealkylation sites (tertiary alicyclic amines) is 1. The molecule has 0 aromatic rings. The minimum atomic E-state index is -0.388. The number of hydrogen-bond donors (Lipinski definition) is 2. The van der Waals surface area contributed by atoms with Gasteiger partial charge in [0.2, 0.25) is 0 Å². The van der Waals surface area contributed by atoms with E-state index < -0.39 is 0 Å². The van der Waals surface area contributed by atoms with E-state index in [9.17, 15) is 9.90 Å². The second-order valence-corrected chi connectivity index (χ2v) is 5.92. The van der Waals surface area contributed by atoms with Crippen LogP contribution in [0.5, 0.6) is 0 Å². The van der Waals surface area contributed by atoms with Gasteiger partial charge in [0.15, 0.2) is 0 Å². The zero-order valence-electron chi connectivity index (χ0n) is 12.6. The average Bonchev–Trinajstić information content (AvgIpc) is 2.36. The van der Waals surface area contributed by atoms with Crippen molar-refractivity contribution in [2.45, 2.75) is 45.8 Å². The molecule has 19 heavy (non-hydrogen) atoms. The summed E-state index contributed by atoms with van der Waals surface area (Å²) in [7, 11) is 1.38. The van der Waals surface area contributed by atoms with Crippen LogP contribution < -0.4 is 5.32 Å². The number of piperidine rings is 1. The van der Waals surface area contributed by atoms with Gasteiger partial charge in [0, 0.05) is 25.7 Å². The first-order chi connectivity index (χ1) is 8.96. The second kappa shape index (κ2) is 7.70. The highest BCUT2D eigenvalue weighted by atomic mass is 16.5. The number of carbonyl (C=O) groups excluding carboxylic acids is 1. The number of ether oxygens (including phenoxy) is 1. The number of methoxy groups -OCH3 is 1. The molecule has 1 saturated heterocycles. The summed E-state index contributed by atoms with van der Waals surface area (Å²) < 4.78 is 4.66.